The van der Waals surface area contributed by atoms with Crippen molar-refractivity contribution in [2.24, 2.45) is 0 Å². The van der Waals surface area contributed by atoms with Crippen LogP contribution in [-0.2, 0) is 14.8 Å². The minimum atomic E-state index is -3.30. The van der Waals surface area contributed by atoms with Crippen molar-refractivity contribution in [3.8, 4) is 0 Å². The summed E-state index contributed by atoms with van der Waals surface area (Å²) in [7, 11) is -3.30. The Bertz CT molecular complexity index is 273. The van der Waals surface area contributed by atoms with Crippen molar-refractivity contribution in [2.45, 2.75) is 39.2 Å². The maximum Gasteiger partial charge on any atom is 0.304 e. The van der Waals surface area contributed by atoms with Crippen LogP contribution in [0.2, 0.25) is 0 Å². The van der Waals surface area contributed by atoms with Crippen LogP contribution in [0.4, 0.5) is 0 Å². The van der Waals surface area contributed by atoms with Crippen molar-refractivity contribution in [1.82, 2.24) is 4.72 Å². The molecule has 1 unspecified atom stereocenters. The van der Waals surface area contributed by atoms with Crippen LogP contribution >= 0.6 is 0 Å². The molecule has 6 heteroatoms. The minimum Gasteiger partial charge on any atom is -0.481 e. The van der Waals surface area contributed by atoms with Crippen molar-refractivity contribution < 1.29 is 18.3 Å². The Balaban J connectivity index is 4.24. The van der Waals surface area contributed by atoms with Crippen LogP contribution in [0.3, 0.4) is 0 Å². The third-order valence-electron chi connectivity index (χ3n) is 1.73. The second-order valence-corrected chi connectivity index (χ2v) is 5.01. The molecule has 0 aromatic heterocycles. The fraction of sp³-hybridized carbons (Fsp3) is 0.875. The molecular formula is C8H17NO4S. The molecule has 0 rings (SSSR count). The monoisotopic (exact) mass is 223 g/mol. The van der Waals surface area contributed by atoms with Gasteiger partial charge in [-0.3, -0.25) is 4.79 Å². The Kier molecular flexibility index (Phi) is 5.71. The summed E-state index contributed by atoms with van der Waals surface area (Å²) in [6.45, 7) is 3.51. The van der Waals surface area contributed by atoms with Crippen molar-refractivity contribution in [1.29, 1.82) is 0 Å². The molecule has 14 heavy (non-hydrogen) atoms. The Hall–Kier alpha value is -0.620. The third-order valence-corrected chi connectivity index (χ3v) is 3.37. The molecule has 0 aliphatic heterocycles. The molecule has 0 aliphatic carbocycles. The lowest BCUT2D eigenvalue weighted by Gasteiger charge is -2.14. The number of carboxylic acid groups (broad SMARTS) is 1. The first-order valence-electron chi connectivity index (χ1n) is 4.63. The van der Waals surface area contributed by atoms with E-state index in [0.717, 1.165) is 0 Å². The van der Waals surface area contributed by atoms with Crippen LogP contribution in [0, 0.1) is 0 Å². The Morgan fingerprint density at radius 1 is 1.43 bits per heavy atom. The minimum absolute atomic E-state index is 0.0448. The van der Waals surface area contributed by atoms with E-state index < -0.39 is 22.0 Å². The molecule has 0 fully saturated rings. The highest BCUT2D eigenvalue weighted by molar-refractivity contribution is 7.89. The van der Waals surface area contributed by atoms with E-state index in [1.807, 2.05) is 0 Å². The molecule has 0 amide bonds. The summed E-state index contributed by atoms with van der Waals surface area (Å²) in [6.07, 6.45) is 0.841. The van der Waals surface area contributed by atoms with E-state index in [2.05, 4.69) is 4.72 Å². The number of aliphatic carboxylic acids is 1. The maximum absolute atomic E-state index is 11.3. The zero-order valence-electron chi connectivity index (χ0n) is 8.49. The highest BCUT2D eigenvalue weighted by Crippen LogP contribution is 2.01. The smallest absolute Gasteiger partial charge is 0.304 e. The Morgan fingerprint density at radius 2 is 2.00 bits per heavy atom. The fourth-order valence-corrected chi connectivity index (χ4v) is 2.47. The predicted octanol–water partition coefficient (Wildman–Crippen LogP) is 0.569. The number of carbonyl (C=O) groups is 1. The van der Waals surface area contributed by atoms with E-state index >= 15 is 0 Å². The van der Waals surface area contributed by atoms with Crippen LogP contribution < -0.4 is 4.72 Å². The van der Waals surface area contributed by atoms with Gasteiger partial charge in [-0.15, -0.1) is 0 Å². The summed E-state index contributed by atoms with van der Waals surface area (Å²) < 4.78 is 24.9. The zero-order valence-corrected chi connectivity index (χ0v) is 9.30. The molecule has 0 bridgehead atoms. The number of hydrogen-bond donors (Lipinski definition) is 2. The van der Waals surface area contributed by atoms with Gasteiger partial charge in [-0.1, -0.05) is 13.8 Å². The van der Waals surface area contributed by atoms with Gasteiger partial charge in [0.15, 0.2) is 0 Å². The van der Waals surface area contributed by atoms with E-state index in [4.69, 9.17) is 5.11 Å². The van der Waals surface area contributed by atoms with Crippen molar-refractivity contribution in [3.05, 3.63) is 0 Å². The first-order chi connectivity index (χ1) is 6.41. The molecule has 5 nitrogen and oxygen atoms in total. The van der Waals surface area contributed by atoms with E-state index in [-0.39, 0.29) is 12.2 Å². The number of rotatable bonds is 7. The van der Waals surface area contributed by atoms with E-state index in [1.54, 1.807) is 13.8 Å². The maximum atomic E-state index is 11.3. The largest absolute Gasteiger partial charge is 0.481 e. The van der Waals surface area contributed by atoms with Crippen LogP contribution in [0.15, 0.2) is 0 Å². The van der Waals surface area contributed by atoms with Gasteiger partial charge < -0.3 is 5.11 Å². The summed E-state index contributed by atoms with van der Waals surface area (Å²) in [5.74, 6) is -0.945. The SMILES string of the molecule is CCCS(=O)(=O)NC(CC)CC(=O)O. The Labute approximate surface area is 84.6 Å². The van der Waals surface area contributed by atoms with Gasteiger partial charge in [0, 0.05) is 6.04 Å². The average molecular weight is 223 g/mol. The normalized spacial score (nSPS) is 13.9. The molecule has 0 aromatic carbocycles. The summed E-state index contributed by atoms with van der Waals surface area (Å²) in [6, 6.07) is -0.496. The van der Waals surface area contributed by atoms with E-state index in [9.17, 15) is 13.2 Å². The molecule has 84 valence electrons. The van der Waals surface area contributed by atoms with E-state index in [0.29, 0.717) is 12.8 Å². The molecule has 0 aromatic rings. The second-order valence-electron chi connectivity index (χ2n) is 3.14. The van der Waals surface area contributed by atoms with Gasteiger partial charge in [0.2, 0.25) is 10.0 Å². The van der Waals surface area contributed by atoms with Crippen LogP contribution in [0.5, 0.6) is 0 Å². The van der Waals surface area contributed by atoms with Crippen LogP contribution in [0.1, 0.15) is 33.1 Å². The summed E-state index contributed by atoms with van der Waals surface area (Å²) in [4.78, 5) is 10.4. The highest BCUT2D eigenvalue weighted by Gasteiger charge is 2.17. The number of nitrogens with one attached hydrogen (secondary N) is 1. The first-order valence-corrected chi connectivity index (χ1v) is 6.28. The van der Waals surface area contributed by atoms with Crippen molar-refractivity contribution >= 4 is 16.0 Å². The molecule has 0 spiro atoms. The van der Waals surface area contributed by atoms with Gasteiger partial charge in [0.25, 0.3) is 0 Å². The molecule has 1 atom stereocenters. The fourth-order valence-electron chi connectivity index (χ4n) is 1.06. The zero-order chi connectivity index (χ0) is 11.2. The molecule has 0 aliphatic rings. The quantitative estimate of drug-likeness (QED) is 0.661. The molecular weight excluding hydrogens is 206 g/mol. The van der Waals surface area contributed by atoms with Gasteiger partial charge in [-0.25, -0.2) is 13.1 Å². The van der Waals surface area contributed by atoms with Gasteiger partial charge in [-0.05, 0) is 12.8 Å². The van der Waals surface area contributed by atoms with Crippen LogP contribution in [-0.4, -0.2) is 31.3 Å². The van der Waals surface area contributed by atoms with Crippen molar-refractivity contribution in [3.63, 3.8) is 0 Å². The molecule has 0 saturated heterocycles. The standard InChI is InChI=1S/C8H17NO4S/c1-3-5-14(12,13)9-7(4-2)6-8(10)11/h7,9H,3-6H2,1-2H3,(H,10,11). The third kappa shape index (κ3) is 5.93. The average Bonchev–Trinajstić information content (AvgIpc) is 2.01. The van der Waals surface area contributed by atoms with E-state index in [1.165, 1.54) is 0 Å². The Morgan fingerprint density at radius 3 is 2.36 bits per heavy atom. The topological polar surface area (TPSA) is 83.5 Å². The number of sulfonamides is 1. The number of hydrogen-bond acceptors (Lipinski definition) is 3. The highest BCUT2D eigenvalue weighted by atomic mass is 32.2. The molecule has 0 heterocycles. The number of carboxylic acids is 1. The summed E-state index contributed by atoms with van der Waals surface area (Å²) in [5, 5.41) is 8.51. The second kappa shape index (κ2) is 5.98. The van der Waals surface area contributed by atoms with Gasteiger partial charge in [0.1, 0.15) is 0 Å². The summed E-state index contributed by atoms with van der Waals surface area (Å²) >= 11 is 0. The van der Waals surface area contributed by atoms with Crippen molar-refractivity contribution in [2.75, 3.05) is 5.75 Å². The lowest BCUT2D eigenvalue weighted by Crippen LogP contribution is -2.37. The summed E-state index contributed by atoms with van der Waals surface area (Å²) in [5.41, 5.74) is 0. The molecule has 0 radical (unpaired) electrons. The molecule has 2 N–H and O–H groups in total. The lowest BCUT2D eigenvalue weighted by molar-refractivity contribution is -0.137. The lowest BCUT2D eigenvalue weighted by atomic mass is 10.2. The van der Waals surface area contributed by atoms with Gasteiger partial charge >= 0.3 is 5.97 Å². The predicted molar refractivity (Wildman–Crippen MR) is 53.5 cm³/mol. The first kappa shape index (κ1) is 13.4. The van der Waals surface area contributed by atoms with Gasteiger partial charge in [-0.2, -0.15) is 0 Å². The molecule has 0 saturated carbocycles. The van der Waals surface area contributed by atoms with Gasteiger partial charge in [0.05, 0.1) is 12.2 Å². The van der Waals surface area contributed by atoms with Crippen LogP contribution in [0.25, 0.3) is 0 Å².